The van der Waals surface area contributed by atoms with Crippen LogP contribution in [0.3, 0.4) is 0 Å². The number of carbonyl (C=O) groups is 2. The summed E-state index contributed by atoms with van der Waals surface area (Å²) in [7, 11) is 0. The topological polar surface area (TPSA) is 70.8 Å². The maximum atomic E-state index is 12.4. The lowest BCUT2D eigenvalue weighted by Gasteiger charge is -2.16. The largest absolute Gasteiger partial charge is 0.481 e. The molecular weight excluding hydrogens is 294 g/mol. The second kappa shape index (κ2) is 6.69. The molecule has 0 saturated carbocycles. The van der Waals surface area contributed by atoms with E-state index in [1.165, 1.54) is 6.26 Å². The molecule has 2 aromatic rings. The van der Waals surface area contributed by atoms with E-state index in [-0.39, 0.29) is 24.8 Å². The van der Waals surface area contributed by atoms with E-state index >= 15 is 0 Å². The Labute approximate surface area is 134 Å². The van der Waals surface area contributed by atoms with Gasteiger partial charge in [-0.2, -0.15) is 0 Å². The average molecular weight is 313 g/mol. The van der Waals surface area contributed by atoms with Gasteiger partial charge in [0.25, 0.3) is 0 Å². The van der Waals surface area contributed by atoms with Gasteiger partial charge in [0.05, 0.1) is 18.6 Å². The Morgan fingerprint density at radius 3 is 2.57 bits per heavy atom. The number of benzene rings is 1. The molecule has 2 heterocycles. The summed E-state index contributed by atoms with van der Waals surface area (Å²) in [5.41, 5.74) is 1.10. The second-order valence-corrected chi connectivity index (χ2v) is 5.95. The Hall–Kier alpha value is -2.56. The van der Waals surface area contributed by atoms with E-state index in [0.717, 1.165) is 5.56 Å². The molecule has 1 amide bonds. The van der Waals surface area contributed by atoms with Crippen LogP contribution in [0, 0.1) is 11.8 Å². The van der Waals surface area contributed by atoms with Crippen LogP contribution in [-0.2, 0) is 22.4 Å². The minimum absolute atomic E-state index is 0.0598. The SMILES string of the molecule is O=C(O)[C@@H]1CN(C(=O)Cc2ccco2)C[C@H]1Cc1ccccc1. The third-order valence-corrected chi connectivity index (χ3v) is 4.36. The Bertz CT molecular complexity index is 666. The van der Waals surface area contributed by atoms with Gasteiger partial charge in [-0.3, -0.25) is 9.59 Å². The summed E-state index contributed by atoms with van der Waals surface area (Å²) >= 11 is 0. The number of carboxylic acid groups (broad SMARTS) is 1. The summed E-state index contributed by atoms with van der Waals surface area (Å²) < 4.78 is 5.20. The molecule has 1 aliphatic heterocycles. The van der Waals surface area contributed by atoms with Crippen LogP contribution in [0.5, 0.6) is 0 Å². The summed E-state index contributed by atoms with van der Waals surface area (Å²) in [6.45, 7) is 0.748. The van der Waals surface area contributed by atoms with E-state index in [2.05, 4.69) is 0 Å². The van der Waals surface area contributed by atoms with Crippen molar-refractivity contribution < 1.29 is 19.1 Å². The number of nitrogens with zero attached hydrogens (tertiary/aromatic N) is 1. The minimum Gasteiger partial charge on any atom is -0.481 e. The van der Waals surface area contributed by atoms with Gasteiger partial charge in [0.15, 0.2) is 0 Å². The second-order valence-electron chi connectivity index (χ2n) is 5.95. The lowest BCUT2D eigenvalue weighted by molar-refractivity contribution is -0.142. The number of rotatable bonds is 5. The molecule has 0 bridgehead atoms. The van der Waals surface area contributed by atoms with Crippen molar-refractivity contribution in [3.8, 4) is 0 Å². The van der Waals surface area contributed by atoms with Gasteiger partial charge in [-0.15, -0.1) is 0 Å². The van der Waals surface area contributed by atoms with Crippen molar-refractivity contribution in [1.29, 1.82) is 0 Å². The van der Waals surface area contributed by atoms with Gasteiger partial charge >= 0.3 is 5.97 Å². The predicted octanol–water partition coefficient (Wildman–Crippen LogP) is 2.22. The summed E-state index contributed by atoms with van der Waals surface area (Å²) in [6, 6.07) is 13.3. The van der Waals surface area contributed by atoms with Gasteiger partial charge in [-0.25, -0.2) is 0 Å². The molecule has 120 valence electrons. The molecule has 5 heteroatoms. The third-order valence-electron chi connectivity index (χ3n) is 4.36. The van der Waals surface area contributed by atoms with E-state index in [9.17, 15) is 14.7 Å². The van der Waals surface area contributed by atoms with Crippen molar-refractivity contribution >= 4 is 11.9 Å². The Morgan fingerprint density at radius 2 is 1.91 bits per heavy atom. The number of furan rings is 1. The van der Waals surface area contributed by atoms with Crippen molar-refractivity contribution in [3.63, 3.8) is 0 Å². The molecule has 1 N–H and O–H groups in total. The van der Waals surface area contributed by atoms with Crippen LogP contribution in [-0.4, -0.2) is 35.0 Å². The molecule has 1 aromatic carbocycles. The molecule has 1 saturated heterocycles. The molecule has 23 heavy (non-hydrogen) atoms. The first-order valence-corrected chi connectivity index (χ1v) is 7.70. The van der Waals surface area contributed by atoms with E-state index < -0.39 is 11.9 Å². The lowest BCUT2D eigenvalue weighted by Crippen LogP contribution is -2.31. The Morgan fingerprint density at radius 1 is 1.13 bits per heavy atom. The van der Waals surface area contributed by atoms with Gasteiger partial charge in [0.2, 0.25) is 5.91 Å². The summed E-state index contributed by atoms with van der Waals surface area (Å²) in [5, 5.41) is 9.46. The van der Waals surface area contributed by atoms with E-state index in [1.54, 1.807) is 17.0 Å². The van der Waals surface area contributed by atoms with Crippen LogP contribution in [0.25, 0.3) is 0 Å². The Balaban J connectivity index is 1.68. The first-order chi connectivity index (χ1) is 11.1. The zero-order chi connectivity index (χ0) is 16.2. The fourth-order valence-corrected chi connectivity index (χ4v) is 3.15. The number of hydrogen-bond acceptors (Lipinski definition) is 3. The maximum Gasteiger partial charge on any atom is 0.308 e. The molecule has 0 aliphatic carbocycles. The first-order valence-electron chi connectivity index (χ1n) is 7.70. The van der Waals surface area contributed by atoms with E-state index in [4.69, 9.17) is 4.42 Å². The molecular formula is C18H19NO4. The van der Waals surface area contributed by atoms with Gasteiger partial charge in [0, 0.05) is 13.1 Å². The summed E-state index contributed by atoms with van der Waals surface area (Å²) in [5.74, 6) is -0.888. The lowest BCUT2D eigenvalue weighted by atomic mass is 9.90. The highest BCUT2D eigenvalue weighted by molar-refractivity contribution is 5.80. The number of aliphatic carboxylic acids is 1. The third kappa shape index (κ3) is 3.62. The number of carbonyl (C=O) groups excluding carboxylic acids is 1. The number of carboxylic acids is 1. The summed E-state index contributed by atoms with van der Waals surface area (Å²) in [4.78, 5) is 25.5. The van der Waals surface area contributed by atoms with Gasteiger partial charge in [-0.1, -0.05) is 30.3 Å². The molecule has 2 atom stereocenters. The zero-order valence-corrected chi connectivity index (χ0v) is 12.7. The van der Waals surface area contributed by atoms with Crippen molar-refractivity contribution in [2.24, 2.45) is 11.8 Å². The van der Waals surface area contributed by atoms with Crippen LogP contribution in [0.4, 0.5) is 0 Å². The Kier molecular flexibility index (Phi) is 4.46. The fourth-order valence-electron chi connectivity index (χ4n) is 3.15. The average Bonchev–Trinajstić information content (AvgIpc) is 3.18. The highest BCUT2D eigenvalue weighted by atomic mass is 16.4. The van der Waals surface area contributed by atoms with Crippen molar-refractivity contribution in [3.05, 3.63) is 60.1 Å². The molecule has 5 nitrogen and oxygen atoms in total. The maximum absolute atomic E-state index is 12.4. The van der Waals surface area contributed by atoms with Crippen LogP contribution in [0.15, 0.2) is 53.1 Å². The van der Waals surface area contributed by atoms with Crippen LogP contribution < -0.4 is 0 Å². The van der Waals surface area contributed by atoms with Crippen LogP contribution in [0.1, 0.15) is 11.3 Å². The first kappa shape index (κ1) is 15.3. The molecule has 0 spiro atoms. The molecule has 1 aromatic heterocycles. The highest BCUT2D eigenvalue weighted by Crippen LogP contribution is 2.27. The van der Waals surface area contributed by atoms with Gasteiger partial charge in [0.1, 0.15) is 5.76 Å². The normalized spacial score (nSPS) is 20.6. The van der Waals surface area contributed by atoms with Crippen molar-refractivity contribution in [2.75, 3.05) is 13.1 Å². The van der Waals surface area contributed by atoms with Gasteiger partial charge < -0.3 is 14.4 Å². The molecule has 1 aliphatic rings. The highest BCUT2D eigenvalue weighted by Gasteiger charge is 2.39. The molecule has 0 radical (unpaired) electrons. The predicted molar refractivity (Wildman–Crippen MR) is 83.8 cm³/mol. The van der Waals surface area contributed by atoms with Crippen molar-refractivity contribution in [2.45, 2.75) is 12.8 Å². The zero-order valence-electron chi connectivity index (χ0n) is 12.7. The van der Waals surface area contributed by atoms with Crippen LogP contribution >= 0.6 is 0 Å². The number of likely N-dealkylation sites (tertiary alicyclic amines) is 1. The monoisotopic (exact) mass is 313 g/mol. The molecule has 3 rings (SSSR count). The van der Waals surface area contributed by atoms with Crippen molar-refractivity contribution in [1.82, 2.24) is 4.90 Å². The van der Waals surface area contributed by atoms with E-state index in [0.29, 0.717) is 18.7 Å². The van der Waals surface area contributed by atoms with Gasteiger partial charge in [-0.05, 0) is 30.0 Å². The standard InChI is InChI=1S/C18H19NO4/c20-17(10-15-7-4-8-23-15)19-11-14(16(12-19)18(21)22)9-13-5-2-1-3-6-13/h1-8,14,16H,9-12H2,(H,21,22)/t14-,16-/m1/s1. The minimum atomic E-state index is -0.834. The number of amides is 1. The van der Waals surface area contributed by atoms with Crippen LogP contribution in [0.2, 0.25) is 0 Å². The quantitative estimate of drug-likeness (QED) is 0.919. The molecule has 0 unspecified atom stereocenters. The molecule has 1 fully saturated rings. The number of hydrogen-bond donors (Lipinski definition) is 1. The smallest absolute Gasteiger partial charge is 0.308 e. The van der Waals surface area contributed by atoms with E-state index in [1.807, 2.05) is 30.3 Å². The fraction of sp³-hybridized carbons (Fsp3) is 0.333. The summed E-state index contributed by atoms with van der Waals surface area (Å²) in [6.07, 6.45) is 2.38.